The van der Waals surface area contributed by atoms with Crippen molar-refractivity contribution >= 4 is 11.8 Å². The fourth-order valence-corrected chi connectivity index (χ4v) is 2.10. The fourth-order valence-electron chi connectivity index (χ4n) is 2.10. The van der Waals surface area contributed by atoms with Gasteiger partial charge in [0.15, 0.2) is 0 Å². The Hall–Kier alpha value is -1.89. The summed E-state index contributed by atoms with van der Waals surface area (Å²) in [5, 5.41) is 2.71. The Morgan fingerprint density at radius 2 is 1.95 bits per heavy atom. The summed E-state index contributed by atoms with van der Waals surface area (Å²) in [6, 6.07) is 4.39. The molecule has 2 rings (SSSR count). The van der Waals surface area contributed by atoms with Crippen molar-refractivity contribution in [2.45, 2.75) is 25.2 Å². The van der Waals surface area contributed by atoms with Crippen molar-refractivity contribution in [1.29, 1.82) is 0 Å². The minimum Gasteiger partial charge on any atom is -0.301 e. The van der Waals surface area contributed by atoms with E-state index in [0.29, 0.717) is 0 Å². The van der Waals surface area contributed by atoms with E-state index in [1.165, 1.54) is 25.2 Å². The van der Waals surface area contributed by atoms with Gasteiger partial charge in [0.2, 0.25) is 11.8 Å². The van der Waals surface area contributed by atoms with Gasteiger partial charge in [-0.3, -0.25) is 14.5 Å². The average molecular weight is 286 g/mol. The highest BCUT2D eigenvalue weighted by atomic mass is 19.4. The number of nitrogens with zero attached hydrogens (tertiary/aromatic N) is 1. The van der Waals surface area contributed by atoms with E-state index in [1.807, 2.05) is 0 Å². The molecule has 0 aromatic heterocycles. The van der Waals surface area contributed by atoms with Crippen LogP contribution in [0.3, 0.4) is 0 Å². The molecule has 2 amide bonds. The molecule has 1 aliphatic heterocycles. The van der Waals surface area contributed by atoms with E-state index < -0.39 is 23.7 Å². The lowest BCUT2D eigenvalue weighted by molar-refractivity contribution is -0.138. The van der Waals surface area contributed by atoms with E-state index in [1.54, 1.807) is 0 Å². The van der Waals surface area contributed by atoms with Crippen molar-refractivity contribution in [1.82, 2.24) is 10.2 Å². The monoisotopic (exact) mass is 286 g/mol. The Morgan fingerprint density at radius 1 is 1.30 bits per heavy atom. The molecule has 1 aliphatic rings. The lowest BCUT2D eigenvalue weighted by atomic mass is 10.1. The number of likely N-dealkylation sites (tertiary alicyclic amines) is 1. The van der Waals surface area contributed by atoms with Crippen molar-refractivity contribution in [2.24, 2.45) is 0 Å². The van der Waals surface area contributed by atoms with E-state index in [-0.39, 0.29) is 24.4 Å². The summed E-state index contributed by atoms with van der Waals surface area (Å²) in [6.07, 6.45) is -4.46. The number of carbonyl (C=O) groups is 2. The predicted octanol–water partition coefficient (Wildman–Crippen LogP) is 1.55. The number of imide groups is 1. The Labute approximate surface area is 113 Å². The summed E-state index contributed by atoms with van der Waals surface area (Å²) in [5.41, 5.74) is -0.688. The van der Waals surface area contributed by atoms with Crippen LogP contribution < -0.4 is 5.32 Å². The molecule has 1 saturated heterocycles. The van der Waals surface area contributed by atoms with E-state index in [2.05, 4.69) is 5.32 Å². The largest absolute Gasteiger partial charge is 0.416 e. The number of alkyl halides is 3. The maximum absolute atomic E-state index is 12.8. The van der Waals surface area contributed by atoms with Gasteiger partial charge in [-0.2, -0.15) is 13.2 Å². The van der Waals surface area contributed by atoms with Gasteiger partial charge in [0.25, 0.3) is 0 Å². The van der Waals surface area contributed by atoms with Crippen LogP contribution in [-0.2, 0) is 22.3 Å². The van der Waals surface area contributed by atoms with E-state index in [4.69, 9.17) is 0 Å². The standard InChI is InChI=1S/C13H13F3N2O2/c1-18-11(19)6-10(12(18)20)17-7-8-4-2-3-5-9(8)13(14,15)16/h2-5,10,17H,6-7H2,1H3. The molecular formula is C13H13F3N2O2. The van der Waals surface area contributed by atoms with Gasteiger partial charge in [0.1, 0.15) is 0 Å². The van der Waals surface area contributed by atoms with Crippen LogP contribution in [0, 0.1) is 0 Å². The third-order valence-electron chi connectivity index (χ3n) is 3.24. The molecule has 1 atom stereocenters. The van der Waals surface area contributed by atoms with E-state index in [9.17, 15) is 22.8 Å². The first-order chi connectivity index (χ1) is 9.30. The summed E-state index contributed by atoms with van der Waals surface area (Å²) < 4.78 is 38.4. The number of hydrogen-bond acceptors (Lipinski definition) is 3. The van der Waals surface area contributed by atoms with Crippen molar-refractivity contribution in [3.05, 3.63) is 35.4 Å². The SMILES string of the molecule is CN1C(=O)CC(NCc2ccccc2C(F)(F)F)C1=O. The maximum atomic E-state index is 12.8. The van der Waals surface area contributed by atoms with Gasteiger partial charge >= 0.3 is 6.18 Å². The second-order valence-electron chi connectivity index (χ2n) is 4.58. The molecule has 20 heavy (non-hydrogen) atoms. The average Bonchev–Trinajstić information content (AvgIpc) is 2.63. The Kier molecular flexibility index (Phi) is 3.80. The molecular weight excluding hydrogens is 273 g/mol. The minimum atomic E-state index is -4.44. The fraction of sp³-hybridized carbons (Fsp3) is 0.385. The normalized spacial score (nSPS) is 19.8. The second-order valence-corrected chi connectivity index (χ2v) is 4.58. The van der Waals surface area contributed by atoms with Crippen LogP contribution in [0.5, 0.6) is 0 Å². The molecule has 1 aromatic rings. The molecule has 1 aromatic carbocycles. The smallest absolute Gasteiger partial charge is 0.301 e. The lowest BCUT2D eigenvalue weighted by Crippen LogP contribution is -2.37. The molecule has 0 aliphatic carbocycles. The lowest BCUT2D eigenvalue weighted by Gasteiger charge is -2.15. The van der Waals surface area contributed by atoms with Crippen molar-refractivity contribution in [2.75, 3.05) is 7.05 Å². The molecule has 1 N–H and O–H groups in total. The Bertz CT molecular complexity index is 543. The van der Waals surface area contributed by atoms with Gasteiger partial charge in [0, 0.05) is 13.6 Å². The molecule has 0 bridgehead atoms. The van der Waals surface area contributed by atoms with Crippen LogP contribution in [-0.4, -0.2) is 29.8 Å². The summed E-state index contributed by atoms with van der Waals surface area (Å²) in [5.74, 6) is -0.754. The zero-order valence-corrected chi connectivity index (χ0v) is 10.7. The van der Waals surface area contributed by atoms with Crippen LogP contribution in [0.2, 0.25) is 0 Å². The number of likely N-dealkylation sites (N-methyl/N-ethyl adjacent to an activating group) is 1. The number of halogens is 3. The van der Waals surface area contributed by atoms with Gasteiger partial charge in [-0.05, 0) is 11.6 Å². The molecule has 0 saturated carbocycles. The van der Waals surface area contributed by atoms with Crippen LogP contribution >= 0.6 is 0 Å². The highest BCUT2D eigenvalue weighted by molar-refractivity contribution is 6.05. The number of benzene rings is 1. The van der Waals surface area contributed by atoms with Crippen molar-refractivity contribution in [3.63, 3.8) is 0 Å². The molecule has 7 heteroatoms. The Balaban J connectivity index is 2.09. The second kappa shape index (κ2) is 5.24. The number of carbonyl (C=O) groups excluding carboxylic acids is 2. The van der Waals surface area contributed by atoms with Gasteiger partial charge in [-0.15, -0.1) is 0 Å². The molecule has 1 unspecified atom stereocenters. The van der Waals surface area contributed by atoms with Crippen molar-refractivity contribution < 1.29 is 22.8 Å². The highest BCUT2D eigenvalue weighted by Crippen LogP contribution is 2.31. The maximum Gasteiger partial charge on any atom is 0.416 e. The number of hydrogen-bond donors (Lipinski definition) is 1. The molecule has 108 valence electrons. The Morgan fingerprint density at radius 3 is 2.50 bits per heavy atom. The third kappa shape index (κ3) is 2.82. The highest BCUT2D eigenvalue weighted by Gasteiger charge is 2.37. The van der Waals surface area contributed by atoms with Crippen molar-refractivity contribution in [3.8, 4) is 0 Å². The zero-order valence-electron chi connectivity index (χ0n) is 10.7. The topological polar surface area (TPSA) is 49.4 Å². The first-order valence-corrected chi connectivity index (χ1v) is 5.99. The van der Waals surface area contributed by atoms with Gasteiger partial charge in [-0.1, -0.05) is 18.2 Å². The summed E-state index contributed by atoms with van der Waals surface area (Å²) >= 11 is 0. The van der Waals surface area contributed by atoms with Gasteiger partial charge in [-0.25, -0.2) is 0 Å². The van der Waals surface area contributed by atoms with Crippen LogP contribution in [0.1, 0.15) is 17.5 Å². The summed E-state index contributed by atoms with van der Waals surface area (Å²) in [4.78, 5) is 23.9. The van der Waals surface area contributed by atoms with E-state index in [0.717, 1.165) is 11.0 Å². The number of nitrogens with one attached hydrogen (secondary N) is 1. The van der Waals surface area contributed by atoms with Gasteiger partial charge < -0.3 is 5.32 Å². The summed E-state index contributed by atoms with van der Waals surface area (Å²) in [7, 11) is 1.36. The van der Waals surface area contributed by atoms with E-state index >= 15 is 0 Å². The summed E-state index contributed by atoms with van der Waals surface area (Å²) in [6.45, 7) is -0.118. The van der Waals surface area contributed by atoms with Crippen LogP contribution in [0.4, 0.5) is 13.2 Å². The number of rotatable bonds is 3. The molecule has 1 fully saturated rings. The molecule has 4 nitrogen and oxygen atoms in total. The quantitative estimate of drug-likeness (QED) is 0.858. The van der Waals surface area contributed by atoms with Gasteiger partial charge in [0.05, 0.1) is 18.0 Å². The number of amides is 2. The van der Waals surface area contributed by atoms with Crippen LogP contribution in [0.25, 0.3) is 0 Å². The first-order valence-electron chi connectivity index (χ1n) is 5.99. The molecule has 0 spiro atoms. The zero-order chi connectivity index (χ0) is 14.9. The molecule has 0 radical (unpaired) electrons. The first kappa shape index (κ1) is 14.5. The van der Waals surface area contributed by atoms with Crippen LogP contribution in [0.15, 0.2) is 24.3 Å². The third-order valence-corrected chi connectivity index (χ3v) is 3.24. The molecule has 1 heterocycles. The minimum absolute atomic E-state index is 0.0243. The predicted molar refractivity (Wildman–Crippen MR) is 64.5 cm³/mol.